The predicted octanol–water partition coefficient (Wildman–Crippen LogP) is 15.5. The molecule has 1 aliphatic carbocycles. The van der Waals surface area contributed by atoms with Gasteiger partial charge in [0.05, 0.1) is 23.5 Å². The van der Waals surface area contributed by atoms with Gasteiger partial charge in [0.15, 0.2) is 17.5 Å². The molecule has 0 saturated heterocycles. The van der Waals surface area contributed by atoms with E-state index in [4.69, 9.17) is 26.2 Å². The minimum Gasteiger partial charge on any atom is -0.455 e. The molecule has 0 aliphatic heterocycles. The number of rotatable bonds is 6. The van der Waals surface area contributed by atoms with Crippen LogP contribution in [0.15, 0.2) is 211 Å². The molecule has 1 aliphatic rings. The van der Waals surface area contributed by atoms with Gasteiger partial charge in [0.25, 0.3) is 0 Å². The van der Waals surface area contributed by atoms with Crippen LogP contribution in [0.3, 0.4) is 0 Å². The van der Waals surface area contributed by atoms with Gasteiger partial charge in [0.1, 0.15) is 11.2 Å². The van der Waals surface area contributed by atoms with Crippen LogP contribution in [-0.4, -0.2) is 19.5 Å². The van der Waals surface area contributed by atoms with E-state index in [1.807, 2.05) is 54.6 Å². The van der Waals surface area contributed by atoms with Crippen LogP contribution < -0.4 is 0 Å². The molecule has 0 spiro atoms. The van der Waals surface area contributed by atoms with E-state index in [1.165, 1.54) is 5.56 Å². The number of benzene rings is 9. The highest BCUT2D eigenvalue weighted by Gasteiger charge is 2.38. The monoisotopic (exact) mass is 837 g/mol. The van der Waals surface area contributed by atoms with Gasteiger partial charge in [-0.25, -0.2) is 15.0 Å². The fourth-order valence-corrected chi connectivity index (χ4v) is 10.2. The van der Waals surface area contributed by atoms with Gasteiger partial charge in [-0.15, -0.1) is 0 Å². The third-order valence-corrected chi connectivity index (χ3v) is 13.1. The molecule has 0 atom stereocenters. The van der Waals surface area contributed by atoms with Crippen LogP contribution in [0.25, 0.3) is 117 Å². The van der Waals surface area contributed by atoms with E-state index in [0.717, 1.165) is 82.8 Å². The van der Waals surface area contributed by atoms with Crippen molar-refractivity contribution in [1.82, 2.24) is 19.5 Å². The summed E-state index contributed by atoms with van der Waals surface area (Å²) < 4.78 is 53.4. The number of para-hydroxylation sites is 2. The van der Waals surface area contributed by atoms with E-state index in [-0.39, 0.29) is 17.2 Å². The van der Waals surface area contributed by atoms with Gasteiger partial charge in [-0.05, 0) is 87.0 Å². The number of aromatic nitrogens is 4. The van der Waals surface area contributed by atoms with Crippen molar-refractivity contribution in [2.24, 2.45) is 0 Å². The summed E-state index contributed by atoms with van der Waals surface area (Å²) in [6, 6.07) is 58.2. The second-order valence-electron chi connectivity index (χ2n) is 17.2. The lowest BCUT2D eigenvalue weighted by Crippen LogP contribution is -2.17. The van der Waals surface area contributed by atoms with E-state index in [0.29, 0.717) is 22.6 Å². The van der Waals surface area contributed by atoms with Gasteiger partial charge >= 0.3 is 0 Å². The van der Waals surface area contributed by atoms with Crippen molar-refractivity contribution in [3.05, 3.63) is 217 Å². The fraction of sp³-hybridized carbons (Fsp3) is 0.0500. The first kappa shape index (κ1) is 32.3. The number of hydrogen-bond acceptors (Lipinski definition) is 4. The van der Waals surface area contributed by atoms with Crippen LogP contribution in [0.2, 0.25) is 0 Å². The maximum absolute atomic E-state index is 9.14. The number of hydrogen-bond donors (Lipinski definition) is 0. The molecule has 12 aromatic rings. The molecule has 0 unspecified atom stereocenters. The Morgan fingerprint density at radius 3 is 1.83 bits per heavy atom. The van der Waals surface area contributed by atoms with E-state index in [9.17, 15) is 0 Å². The third-order valence-electron chi connectivity index (χ3n) is 13.1. The molecule has 9 aromatic carbocycles. The largest absolute Gasteiger partial charge is 0.455 e. The van der Waals surface area contributed by atoms with Crippen molar-refractivity contribution in [3.63, 3.8) is 0 Å². The molecule has 306 valence electrons. The van der Waals surface area contributed by atoms with Crippen LogP contribution in [0, 0.1) is 0 Å². The zero-order valence-corrected chi connectivity index (χ0v) is 35.4. The summed E-state index contributed by atoms with van der Waals surface area (Å²) in [7, 11) is 0. The van der Waals surface area contributed by atoms with Crippen LogP contribution in [-0.2, 0) is 5.41 Å². The van der Waals surface area contributed by atoms with Crippen molar-refractivity contribution in [3.8, 4) is 73.2 Å². The van der Waals surface area contributed by atoms with Crippen molar-refractivity contribution in [2.75, 3.05) is 0 Å². The maximum Gasteiger partial charge on any atom is 0.167 e. The van der Waals surface area contributed by atoms with Crippen LogP contribution in [0.5, 0.6) is 0 Å². The first-order valence-corrected chi connectivity index (χ1v) is 21.8. The smallest absolute Gasteiger partial charge is 0.167 e. The second kappa shape index (κ2) is 14.3. The zero-order valence-electron chi connectivity index (χ0n) is 40.4. The fourth-order valence-electron chi connectivity index (χ4n) is 10.2. The normalized spacial score (nSPS) is 14.0. The summed E-state index contributed by atoms with van der Waals surface area (Å²) in [5, 5.41) is 3.93. The van der Waals surface area contributed by atoms with Crippen molar-refractivity contribution < 1.29 is 11.3 Å². The molecule has 5 nitrogen and oxygen atoms in total. The molecule has 3 heterocycles. The lowest BCUT2D eigenvalue weighted by atomic mass is 9.80. The summed E-state index contributed by atoms with van der Waals surface area (Å²) in [6.45, 7) is 4.39. The average Bonchev–Trinajstić information content (AvgIpc) is 4.02. The molecular formula is C60H40N4O. The van der Waals surface area contributed by atoms with Gasteiger partial charge in [-0.2, -0.15) is 0 Å². The standard InChI is InChI=1S/C60H40N4O/c1-60(2)51-28-12-9-23-43(51)47-26-16-27-48(55(47)60)58-61-57(38-19-7-4-8-20-38)62-59(63-58)50-36-42(64-52-29-13-10-24-44(52)45-25-11-14-30-53(45)64)35-49-46-32-31-41(34-54(46)65-56(49)50)40-22-15-21-39(33-40)37-17-5-3-6-18-37/h3-36H,1-2H3/i4D,7D,8D,19D,20D. The minimum absolute atomic E-state index is 0.0463. The number of furan rings is 1. The SMILES string of the molecule is [2H]c1c([2H])c([2H])c(-c2nc(-c3cccc4c3C(C)(C)c3ccccc3-4)nc(-c3cc(-n4c5ccccc5c5ccccc54)cc4c3oc3cc(-c5cccc(-c6ccccc6)c5)ccc34)n2)c([2H])c1[2H]. The van der Waals surface area contributed by atoms with Gasteiger partial charge in [0.2, 0.25) is 0 Å². The van der Waals surface area contributed by atoms with Crippen molar-refractivity contribution >= 4 is 43.7 Å². The summed E-state index contributed by atoms with van der Waals surface area (Å²) >= 11 is 0. The minimum atomic E-state index is -0.498. The first-order chi connectivity index (χ1) is 34.0. The van der Waals surface area contributed by atoms with E-state index in [2.05, 4.69) is 140 Å². The van der Waals surface area contributed by atoms with Gasteiger partial charge in [0, 0.05) is 43.8 Å². The van der Waals surface area contributed by atoms with Gasteiger partial charge in [-0.3, -0.25) is 0 Å². The Hall–Kier alpha value is -8.41. The topological polar surface area (TPSA) is 56.7 Å². The number of fused-ring (bicyclic) bond motifs is 9. The highest BCUT2D eigenvalue weighted by Crippen LogP contribution is 2.52. The first-order valence-electron chi connectivity index (χ1n) is 24.3. The molecule has 0 fully saturated rings. The van der Waals surface area contributed by atoms with Crippen LogP contribution in [0.4, 0.5) is 0 Å². The van der Waals surface area contributed by atoms with Crippen molar-refractivity contribution in [2.45, 2.75) is 19.3 Å². The van der Waals surface area contributed by atoms with E-state index >= 15 is 0 Å². The van der Waals surface area contributed by atoms with Crippen LogP contribution in [0.1, 0.15) is 31.8 Å². The molecule has 5 heteroatoms. The number of nitrogens with zero attached hydrogens (tertiary/aromatic N) is 4. The van der Waals surface area contributed by atoms with Gasteiger partial charge < -0.3 is 8.98 Å². The Morgan fingerprint density at radius 1 is 0.446 bits per heavy atom. The van der Waals surface area contributed by atoms with Crippen molar-refractivity contribution in [1.29, 1.82) is 0 Å². The molecule has 65 heavy (non-hydrogen) atoms. The van der Waals surface area contributed by atoms with Gasteiger partial charge in [-0.1, -0.05) is 178 Å². The Kier molecular flexibility index (Phi) is 7.11. The van der Waals surface area contributed by atoms with E-state index < -0.39 is 35.6 Å². The molecule has 0 amide bonds. The lowest BCUT2D eigenvalue weighted by Gasteiger charge is -2.24. The Bertz CT molecular complexity index is 4090. The molecule has 0 saturated carbocycles. The summed E-state index contributed by atoms with van der Waals surface area (Å²) in [6.07, 6.45) is 0. The molecule has 0 radical (unpaired) electrons. The third kappa shape index (κ3) is 5.82. The Labute approximate surface area is 383 Å². The Morgan fingerprint density at radius 2 is 1.05 bits per heavy atom. The average molecular weight is 838 g/mol. The summed E-state index contributed by atoms with van der Waals surface area (Å²) in [5.74, 6) is 0.479. The highest BCUT2D eigenvalue weighted by molar-refractivity contribution is 6.13. The second-order valence-corrected chi connectivity index (χ2v) is 17.2. The van der Waals surface area contributed by atoms with E-state index in [1.54, 1.807) is 0 Å². The van der Waals surface area contributed by atoms with Crippen LogP contribution >= 0.6 is 0 Å². The summed E-state index contributed by atoms with van der Waals surface area (Å²) in [4.78, 5) is 15.5. The molecular weight excluding hydrogens is 793 g/mol. The molecule has 0 bridgehead atoms. The molecule has 3 aromatic heterocycles. The molecule has 0 N–H and O–H groups in total. The maximum atomic E-state index is 9.14. The lowest BCUT2D eigenvalue weighted by molar-refractivity contribution is 0.661. The zero-order chi connectivity index (χ0) is 47.6. The quantitative estimate of drug-likeness (QED) is 0.167. The Balaban J connectivity index is 1.11. The summed E-state index contributed by atoms with van der Waals surface area (Å²) in [5.41, 5.74) is 13.4. The highest BCUT2D eigenvalue weighted by atomic mass is 16.3. The molecule has 13 rings (SSSR count). The predicted molar refractivity (Wildman–Crippen MR) is 266 cm³/mol.